The van der Waals surface area contributed by atoms with Gasteiger partial charge in [0.2, 0.25) is 5.91 Å². The normalized spacial score (nSPS) is 17.5. The number of amides is 2. The second kappa shape index (κ2) is 9.22. The van der Waals surface area contributed by atoms with Crippen LogP contribution in [0.15, 0.2) is 84.4 Å². The number of ketones is 1. The summed E-state index contributed by atoms with van der Waals surface area (Å²) in [6.07, 6.45) is 0. The van der Waals surface area contributed by atoms with E-state index in [1.54, 1.807) is 48.5 Å². The van der Waals surface area contributed by atoms with Crippen LogP contribution in [0.1, 0.15) is 50.4 Å². The number of Topliss-reactive ketones (excluding diaryl/α,β-unsaturated/α-hetero) is 1. The Balaban J connectivity index is 1.91. The van der Waals surface area contributed by atoms with Gasteiger partial charge in [-0.2, -0.15) is 0 Å². The lowest BCUT2D eigenvalue weighted by Crippen LogP contribution is -2.29. The summed E-state index contributed by atoms with van der Waals surface area (Å²) in [5, 5.41) is 13.9. The molecule has 0 spiro atoms. The van der Waals surface area contributed by atoms with Gasteiger partial charge in [-0.05, 0) is 34.7 Å². The highest BCUT2D eigenvalue weighted by molar-refractivity contribution is 6.51. The van der Waals surface area contributed by atoms with E-state index >= 15 is 0 Å². The van der Waals surface area contributed by atoms with Crippen LogP contribution in [-0.4, -0.2) is 22.7 Å². The zero-order valence-corrected chi connectivity index (χ0v) is 20.2. The number of hydrogen-bond acceptors (Lipinski definition) is 4. The van der Waals surface area contributed by atoms with Crippen molar-refractivity contribution in [3.63, 3.8) is 0 Å². The van der Waals surface area contributed by atoms with Crippen molar-refractivity contribution < 1.29 is 19.5 Å². The Morgan fingerprint density at radius 3 is 2.17 bits per heavy atom. The summed E-state index contributed by atoms with van der Waals surface area (Å²) in [4.78, 5) is 39.6. The van der Waals surface area contributed by atoms with E-state index in [2.05, 4.69) is 26.1 Å². The molecule has 1 atom stereocenters. The topological polar surface area (TPSA) is 86.7 Å². The number of hydrogen-bond donors (Lipinski definition) is 2. The minimum Gasteiger partial charge on any atom is -0.507 e. The molecule has 2 N–H and O–H groups in total. The molecule has 1 saturated heterocycles. The second-order valence-electron chi connectivity index (χ2n) is 9.64. The molecule has 1 fully saturated rings. The molecule has 0 aliphatic carbocycles. The van der Waals surface area contributed by atoms with Gasteiger partial charge in [-0.25, -0.2) is 0 Å². The molecule has 1 unspecified atom stereocenters. The Kier molecular flexibility index (Phi) is 6.31. The van der Waals surface area contributed by atoms with Crippen molar-refractivity contribution in [2.75, 3.05) is 10.2 Å². The van der Waals surface area contributed by atoms with Crippen LogP contribution in [0.5, 0.6) is 0 Å². The van der Waals surface area contributed by atoms with Gasteiger partial charge >= 0.3 is 0 Å². The average molecular weight is 469 g/mol. The number of rotatable bonds is 4. The number of nitrogens with one attached hydrogen (secondary N) is 1. The number of benzene rings is 3. The molecule has 1 aliphatic rings. The minimum atomic E-state index is -0.836. The van der Waals surface area contributed by atoms with E-state index in [-0.39, 0.29) is 22.7 Å². The van der Waals surface area contributed by atoms with Crippen molar-refractivity contribution in [2.45, 2.75) is 39.2 Å². The molecule has 3 aromatic carbocycles. The molecule has 0 aromatic heterocycles. The van der Waals surface area contributed by atoms with Crippen LogP contribution in [0.3, 0.4) is 0 Å². The van der Waals surface area contributed by atoms with Gasteiger partial charge in [0.05, 0.1) is 11.6 Å². The van der Waals surface area contributed by atoms with Crippen LogP contribution in [0, 0.1) is 0 Å². The van der Waals surface area contributed by atoms with Crippen molar-refractivity contribution in [1.29, 1.82) is 0 Å². The van der Waals surface area contributed by atoms with Gasteiger partial charge in [-0.3, -0.25) is 19.3 Å². The third-order valence-electron chi connectivity index (χ3n) is 6.03. The first-order valence-corrected chi connectivity index (χ1v) is 11.4. The molecule has 178 valence electrons. The molecule has 6 nitrogen and oxygen atoms in total. The van der Waals surface area contributed by atoms with E-state index in [1.807, 2.05) is 30.3 Å². The molecule has 0 bridgehead atoms. The molecule has 2 amide bonds. The molecule has 4 rings (SSSR count). The van der Waals surface area contributed by atoms with Gasteiger partial charge in [0.15, 0.2) is 0 Å². The first kappa shape index (κ1) is 24.0. The van der Waals surface area contributed by atoms with Crippen molar-refractivity contribution in [3.05, 3.63) is 101 Å². The first-order chi connectivity index (χ1) is 16.6. The van der Waals surface area contributed by atoms with E-state index in [1.165, 1.54) is 11.8 Å². The lowest BCUT2D eigenvalue weighted by molar-refractivity contribution is -0.132. The van der Waals surface area contributed by atoms with Gasteiger partial charge in [-0.15, -0.1) is 0 Å². The van der Waals surface area contributed by atoms with Crippen LogP contribution in [0.4, 0.5) is 11.4 Å². The van der Waals surface area contributed by atoms with Crippen LogP contribution in [0.2, 0.25) is 0 Å². The summed E-state index contributed by atoms with van der Waals surface area (Å²) >= 11 is 0. The monoisotopic (exact) mass is 468 g/mol. The summed E-state index contributed by atoms with van der Waals surface area (Å²) in [6, 6.07) is 22.4. The highest BCUT2D eigenvalue weighted by Gasteiger charge is 2.47. The van der Waals surface area contributed by atoms with Crippen LogP contribution in [-0.2, 0) is 19.8 Å². The molecule has 3 aromatic rings. The minimum absolute atomic E-state index is 0.0228. The Bertz CT molecular complexity index is 1320. The van der Waals surface area contributed by atoms with E-state index in [0.29, 0.717) is 22.5 Å². The number of aliphatic hydroxyl groups is 1. The quantitative estimate of drug-likeness (QED) is 0.298. The van der Waals surface area contributed by atoms with Crippen molar-refractivity contribution in [3.8, 4) is 0 Å². The predicted octanol–water partition coefficient (Wildman–Crippen LogP) is 5.57. The first-order valence-electron chi connectivity index (χ1n) is 11.4. The summed E-state index contributed by atoms with van der Waals surface area (Å²) < 4.78 is 0. The zero-order chi connectivity index (χ0) is 25.3. The average Bonchev–Trinajstić information content (AvgIpc) is 3.09. The lowest BCUT2D eigenvalue weighted by Gasteiger charge is -2.27. The Labute approximate surface area is 204 Å². The maximum absolute atomic E-state index is 13.3. The predicted molar refractivity (Wildman–Crippen MR) is 137 cm³/mol. The lowest BCUT2D eigenvalue weighted by atomic mass is 9.85. The number of nitrogens with zero attached hydrogens (tertiary/aromatic N) is 1. The Morgan fingerprint density at radius 2 is 1.57 bits per heavy atom. The van der Waals surface area contributed by atoms with E-state index in [0.717, 1.165) is 5.56 Å². The van der Waals surface area contributed by atoms with Gasteiger partial charge in [-0.1, -0.05) is 81.4 Å². The number of carbonyl (C=O) groups is 3. The molecule has 1 aliphatic heterocycles. The maximum atomic E-state index is 13.3. The Morgan fingerprint density at radius 1 is 0.914 bits per heavy atom. The summed E-state index contributed by atoms with van der Waals surface area (Å²) in [5.74, 6) is -1.98. The number of aliphatic hydroxyl groups excluding tert-OH is 1. The molecular formula is C29H28N2O4. The van der Waals surface area contributed by atoms with Crippen LogP contribution < -0.4 is 10.2 Å². The smallest absolute Gasteiger partial charge is 0.300 e. The standard InChI is InChI=1S/C29H28N2O4/c1-18(32)30-22-11-8-12-23(17-22)31-25(19-13-15-21(16-14-19)29(2,3)4)24(27(34)28(31)35)26(33)20-9-6-5-7-10-20/h5-17,25,33H,1-4H3,(H,30,32)/b26-24+. The summed E-state index contributed by atoms with van der Waals surface area (Å²) in [7, 11) is 0. The highest BCUT2D eigenvalue weighted by Crippen LogP contribution is 2.43. The SMILES string of the molecule is CC(=O)Nc1cccc(N2C(=O)C(=O)/C(=C(/O)c3ccccc3)C2c2ccc(C(C)(C)C)cc2)c1. The molecule has 1 heterocycles. The molecule has 6 heteroatoms. The molecule has 0 radical (unpaired) electrons. The van der Waals surface area contributed by atoms with Crippen molar-refractivity contribution in [1.82, 2.24) is 0 Å². The molecule has 0 saturated carbocycles. The van der Waals surface area contributed by atoms with E-state index in [4.69, 9.17) is 0 Å². The number of carbonyl (C=O) groups excluding carboxylic acids is 3. The zero-order valence-electron chi connectivity index (χ0n) is 20.2. The van der Waals surface area contributed by atoms with Crippen molar-refractivity contribution >= 4 is 34.7 Å². The van der Waals surface area contributed by atoms with Crippen LogP contribution >= 0.6 is 0 Å². The fourth-order valence-electron chi connectivity index (χ4n) is 4.27. The fourth-order valence-corrected chi connectivity index (χ4v) is 4.27. The van der Waals surface area contributed by atoms with Crippen LogP contribution in [0.25, 0.3) is 5.76 Å². The van der Waals surface area contributed by atoms with Crippen molar-refractivity contribution in [2.24, 2.45) is 0 Å². The summed E-state index contributed by atoms with van der Waals surface area (Å²) in [5.41, 5.74) is 3.14. The van der Waals surface area contributed by atoms with Gasteiger partial charge < -0.3 is 10.4 Å². The number of anilines is 2. The largest absolute Gasteiger partial charge is 0.507 e. The fraction of sp³-hybridized carbons (Fsp3) is 0.207. The third-order valence-corrected chi connectivity index (χ3v) is 6.03. The Hall–Kier alpha value is -4.19. The van der Waals surface area contributed by atoms with Gasteiger partial charge in [0.25, 0.3) is 11.7 Å². The summed E-state index contributed by atoms with van der Waals surface area (Å²) in [6.45, 7) is 7.72. The van der Waals surface area contributed by atoms with Gasteiger partial charge in [0, 0.05) is 23.9 Å². The van der Waals surface area contributed by atoms with E-state index in [9.17, 15) is 19.5 Å². The molecular weight excluding hydrogens is 440 g/mol. The highest BCUT2D eigenvalue weighted by atomic mass is 16.3. The van der Waals surface area contributed by atoms with E-state index < -0.39 is 17.7 Å². The molecule has 35 heavy (non-hydrogen) atoms. The maximum Gasteiger partial charge on any atom is 0.300 e. The van der Waals surface area contributed by atoms with Gasteiger partial charge in [0.1, 0.15) is 5.76 Å². The second-order valence-corrected chi connectivity index (χ2v) is 9.64. The third kappa shape index (κ3) is 4.73.